The number of amides is 1. The number of aliphatic carboxylic acids is 1. The summed E-state index contributed by atoms with van der Waals surface area (Å²) in [7, 11) is 0. The molecule has 0 saturated carbocycles. The second-order valence-corrected chi connectivity index (χ2v) is 10.4. The zero-order valence-corrected chi connectivity index (χ0v) is 23.8. The SMILES string of the molecule is CCOC[C@H](OCc1ccc(C(=O)N[C@@H](CCSC)C(=O)O)c(-c2ccccc2C)c1)c1ccc2c(c1)OCO2. The highest BCUT2D eigenvalue weighted by Gasteiger charge is 2.23. The van der Waals surface area contributed by atoms with Crippen LogP contribution >= 0.6 is 11.8 Å². The predicted octanol–water partition coefficient (Wildman–Crippen LogP) is 5.62. The van der Waals surface area contributed by atoms with Gasteiger partial charge in [0, 0.05) is 12.2 Å². The number of carbonyl (C=O) groups excluding carboxylic acids is 1. The molecule has 212 valence electrons. The number of thioether (sulfide) groups is 1. The van der Waals surface area contributed by atoms with Crippen molar-refractivity contribution in [1.29, 1.82) is 0 Å². The third-order valence-corrected chi connectivity index (χ3v) is 7.31. The molecule has 40 heavy (non-hydrogen) atoms. The Hall–Kier alpha value is -3.53. The van der Waals surface area contributed by atoms with Gasteiger partial charge in [-0.3, -0.25) is 4.79 Å². The van der Waals surface area contributed by atoms with E-state index in [-0.39, 0.29) is 19.5 Å². The number of hydrogen-bond donors (Lipinski definition) is 2. The Labute approximate surface area is 239 Å². The number of ether oxygens (including phenoxy) is 4. The van der Waals surface area contributed by atoms with Gasteiger partial charge in [-0.05, 0) is 84.4 Å². The molecule has 0 spiro atoms. The highest BCUT2D eigenvalue weighted by Crippen LogP contribution is 2.35. The fourth-order valence-electron chi connectivity index (χ4n) is 4.48. The lowest BCUT2D eigenvalue weighted by molar-refractivity contribution is -0.139. The lowest BCUT2D eigenvalue weighted by Crippen LogP contribution is -2.41. The second-order valence-electron chi connectivity index (χ2n) is 9.41. The molecule has 3 aromatic carbocycles. The average Bonchev–Trinajstić information content (AvgIpc) is 3.43. The maximum absolute atomic E-state index is 13.4. The Morgan fingerprint density at radius 2 is 1.85 bits per heavy atom. The first-order valence-electron chi connectivity index (χ1n) is 13.2. The largest absolute Gasteiger partial charge is 0.480 e. The van der Waals surface area contributed by atoms with Crippen LogP contribution in [0, 0.1) is 6.92 Å². The quantitative estimate of drug-likeness (QED) is 0.260. The average molecular weight is 566 g/mol. The van der Waals surface area contributed by atoms with Gasteiger partial charge in [-0.1, -0.05) is 36.4 Å². The van der Waals surface area contributed by atoms with E-state index < -0.39 is 17.9 Å². The molecule has 1 amide bonds. The number of rotatable bonds is 14. The highest BCUT2D eigenvalue weighted by molar-refractivity contribution is 7.98. The van der Waals surface area contributed by atoms with Gasteiger partial charge in [0.15, 0.2) is 11.5 Å². The van der Waals surface area contributed by atoms with Crippen LogP contribution in [0.15, 0.2) is 60.7 Å². The summed E-state index contributed by atoms with van der Waals surface area (Å²) in [6.07, 6.45) is 1.91. The lowest BCUT2D eigenvalue weighted by atomic mass is 9.93. The van der Waals surface area contributed by atoms with Crippen molar-refractivity contribution in [2.24, 2.45) is 0 Å². The van der Waals surface area contributed by atoms with Crippen LogP contribution in [0.4, 0.5) is 0 Å². The summed E-state index contributed by atoms with van der Waals surface area (Å²) in [5.41, 5.74) is 4.81. The Kier molecular flexibility index (Phi) is 10.5. The topological polar surface area (TPSA) is 103 Å². The molecule has 0 radical (unpaired) electrons. The molecule has 0 unspecified atom stereocenters. The number of carboxylic acid groups (broad SMARTS) is 1. The van der Waals surface area contributed by atoms with Gasteiger partial charge in [0.2, 0.25) is 6.79 Å². The van der Waals surface area contributed by atoms with E-state index in [0.717, 1.165) is 27.8 Å². The van der Waals surface area contributed by atoms with E-state index in [9.17, 15) is 14.7 Å². The van der Waals surface area contributed by atoms with Crippen LogP contribution < -0.4 is 14.8 Å². The molecule has 0 aromatic heterocycles. The molecule has 0 aliphatic carbocycles. The minimum absolute atomic E-state index is 0.197. The van der Waals surface area contributed by atoms with Gasteiger partial charge in [0.25, 0.3) is 5.91 Å². The predicted molar refractivity (Wildman–Crippen MR) is 155 cm³/mol. The van der Waals surface area contributed by atoms with E-state index in [1.54, 1.807) is 17.8 Å². The Morgan fingerprint density at radius 1 is 1.05 bits per heavy atom. The fourth-order valence-corrected chi connectivity index (χ4v) is 4.95. The summed E-state index contributed by atoms with van der Waals surface area (Å²) in [4.78, 5) is 25.1. The molecule has 0 saturated heterocycles. The molecule has 0 fully saturated rings. The van der Waals surface area contributed by atoms with Crippen molar-refractivity contribution in [2.75, 3.05) is 32.0 Å². The molecule has 3 aromatic rings. The van der Waals surface area contributed by atoms with E-state index in [4.69, 9.17) is 18.9 Å². The van der Waals surface area contributed by atoms with Crippen LogP contribution in [0.2, 0.25) is 0 Å². The molecule has 2 atom stereocenters. The third-order valence-electron chi connectivity index (χ3n) is 6.67. The number of carboxylic acids is 1. The third kappa shape index (κ3) is 7.35. The standard InChI is InChI=1S/C31H35NO7S/c1-4-36-18-29(22-10-12-27-28(16-22)39-19-38-27)37-17-21-9-11-24(25(15-21)23-8-6-5-7-20(23)2)30(33)32-26(31(34)35)13-14-40-3/h5-12,15-16,26,29H,4,13-14,17-19H2,1-3H3,(H,32,33)(H,34,35)/t26-,29-/m0/s1. The summed E-state index contributed by atoms with van der Waals surface area (Å²) in [5.74, 6) is 0.540. The van der Waals surface area contributed by atoms with Gasteiger partial charge >= 0.3 is 5.97 Å². The number of fused-ring (bicyclic) bond motifs is 1. The van der Waals surface area contributed by atoms with Crippen molar-refractivity contribution in [3.05, 3.63) is 82.9 Å². The summed E-state index contributed by atoms with van der Waals surface area (Å²) in [5, 5.41) is 12.3. The molecule has 8 nitrogen and oxygen atoms in total. The minimum atomic E-state index is -1.05. The zero-order valence-electron chi connectivity index (χ0n) is 23.0. The van der Waals surface area contributed by atoms with Crippen LogP contribution in [0.5, 0.6) is 11.5 Å². The molecule has 0 bridgehead atoms. The van der Waals surface area contributed by atoms with E-state index in [1.807, 2.05) is 74.7 Å². The van der Waals surface area contributed by atoms with Crippen molar-refractivity contribution in [3.63, 3.8) is 0 Å². The van der Waals surface area contributed by atoms with Gasteiger partial charge in [0.05, 0.1) is 13.2 Å². The zero-order chi connectivity index (χ0) is 28.5. The molecule has 1 heterocycles. The van der Waals surface area contributed by atoms with Crippen molar-refractivity contribution in [2.45, 2.75) is 39.0 Å². The molecule has 2 N–H and O–H groups in total. The van der Waals surface area contributed by atoms with Crippen LogP contribution in [0.1, 0.15) is 46.5 Å². The smallest absolute Gasteiger partial charge is 0.326 e. The normalized spacial score (nSPS) is 13.6. The maximum atomic E-state index is 13.4. The number of carbonyl (C=O) groups is 2. The van der Waals surface area contributed by atoms with Crippen molar-refractivity contribution < 1.29 is 33.6 Å². The van der Waals surface area contributed by atoms with E-state index in [2.05, 4.69) is 5.32 Å². The first-order chi connectivity index (χ1) is 19.4. The number of hydrogen-bond acceptors (Lipinski definition) is 7. The lowest BCUT2D eigenvalue weighted by Gasteiger charge is -2.20. The Bertz CT molecular complexity index is 1330. The second kappa shape index (κ2) is 14.2. The van der Waals surface area contributed by atoms with E-state index in [0.29, 0.717) is 42.4 Å². The van der Waals surface area contributed by atoms with Crippen LogP contribution in [-0.2, 0) is 20.9 Å². The number of aryl methyl sites for hydroxylation is 1. The fraction of sp³-hybridized carbons (Fsp3) is 0.355. The van der Waals surface area contributed by atoms with Gasteiger partial charge in [-0.15, -0.1) is 0 Å². The van der Waals surface area contributed by atoms with Crippen LogP contribution in [-0.4, -0.2) is 55.0 Å². The monoisotopic (exact) mass is 565 g/mol. The summed E-state index contributed by atoms with van der Waals surface area (Å²) in [6.45, 7) is 5.32. The summed E-state index contributed by atoms with van der Waals surface area (Å²) >= 11 is 1.54. The highest BCUT2D eigenvalue weighted by atomic mass is 32.2. The van der Waals surface area contributed by atoms with Crippen molar-refractivity contribution >= 4 is 23.6 Å². The Morgan fingerprint density at radius 3 is 2.60 bits per heavy atom. The van der Waals surface area contributed by atoms with E-state index in [1.165, 1.54) is 0 Å². The Balaban J connectivity index is 1.60. The van der Waals surface area contributed by atoms with Crippen molar-refractivity contribution in [3.8, 4) is 22.6 Å². The van der Waals surface area contributed by atoms with Gasteiger partial charge in [-0.2, -0.15) is 11.8 Å². The molecular formula is C31H35NO7S. The van der Waals surface area contributed by atoms with Gasteiger partial charge in [0.1, 0.15) is 12.1 Å². The number of nitrogens with one attached hydrogen (secondary N) is 1. The van der Waals surface area contributed by atoms with Gasteiger partial charge < -0.3 is 29.4 Å². The van der Waals surface area contributed by atoms with E-state index >= 15 is 0 Å². The first kappa shape index (κ1) is 29.5. The molecule has 1 aliphatic rings. The maximum Gasteiger partial charge on any atom is 0.326 e. The molecule has 1 aliphatic heterocycles. The number of benzene rings is 3. The molecular weight excluding hydrogens is 530 g/mol. The van der Waals surface area contributed by atoms with Crippen LogP contribution in [0.3, 0.4) is 0 Å². The van der Waals surface area contributed by atoms with Crippen LogP contribution in [0.25, 0.3) is 11.1 Å². The summed E-state index contributed by atoms with van der Waals surface area (Å²) < 4.78 is 23.0. The molecule has 9 heteroatoms. The summed E-state index contributed by atoms with van der Waals surface area (Å²) in [6, 6.07) is 18.1. The van der Waals surface area contributed by atoms with Crippen molar-refractivity contribution in [1.82, 2.24) is 5.32 Å². The first-order valence-corrected chi connectivity index (χ1v) is 14.6. The molecule has 4 rings (SSSR count). The minimum Gasteiger partial charge on any atom is -0.480 e. The van der Waals surface area contributed by atoms with Gasteiger partial charge in [-0.25, -0.2) is 4.79 Å².